The molecule has 4 nitrogen and oxygen atoms in total. The Hall–Kier alpha value is -1.94. The molecule has 0 atom stereocenters. The van der Waals surface area contributed by atoms with Gasteiger partial charge < -0.3 is 9.64 Å². The van der Waals surface area contributed by atoms with Crippen molar-refractivity contribution >= 4 is 0 Å². The third-order valence-electron chi connectivity index (χ3n) is 2.54. The summed E-state index contributed by atoms with van der Waals surface area (Å²) >= 11 is 0. The molecule has 2 aromatic rings. The fraction of sp³-hybridized carbons (Fsp3) is 0.286. The van der Waals surface area contributed by atoms with Gasteiger partial charge in [0.15, 0.2) is 0 Å². The van der Waals surface area contributed by atoms with Gasteiger partial charge in [0.1, 0.15) is 18.7 Å². The van der Waals surface area contributed by atoms with Gasteiger partial charge in [0.05, 0.1) is 0 Å². The fourth-order valence-electron chi connectivity index (χ4n) is 1.56. The lowest BCUT2D eigenvalue weighted by molar-refractivity contribution is 0.261. The van der Waals surface area contributed by atoms with E-state index in [1.165, 1.54) is 6.33 Å². The van der Waals surface area contributed by atoms with Crippen molar-refractivity contribution in [2.75, 3.05) is 27.2 Å². The third-order valence-corrected chi connectivity index (χ3v) is 2.54. The highest BCUT2D eigenvalue weighted by Gasteiger charge is 2.00. The molecule has 1 aromatic heterocycles. The van der Waals surface area contributed by atoms with Crippen LogP contribution >= 0.6 is 0 Å². The molecule has 18 heavy (non-hydrogen) atoms. The van der Waals surface area contributed by atoms with Gasteiger partial charge >= 0.3 is 0 Å². The summed E-state index contributed by atoms with van der Waals surface area (Å²) in [6.45, 7) is 1.58. The molecule has 1 aromatic carbocycles. The van der Waals surface area contributed by atoms with Crippen LogP contribution in [-0.4, -0.2) is 42.1 Å². The zero-order valence-corrected chi connectivity index (χ0v) is 10.7. The van der Waals surface area contributed by atoms with Crippen molar-refractivity contribution in [1.82, 2.24) is 14.9 Å². The maximum Gasteiger partial charge on any atom is 0.119 e. The molecular weight excluding hydrogens is 226 g/mol. The highest BCUT2D eigenvalue weighted by atomic mass is 16.5. The van der Waals surface area contributed by atoms with Crippen molar-refractivity contribution < 1.29 is 4.74 Å². The van der Waals surface area contributed by atoms with E-state index >= 15 is 0 Å². The van der Waals surface area contributed by atoms with Gasteiger partial charge in [0, 0.05) is 24.5 Å². The quantitative estimate of drug-likeness (QED) is 0.806. The second-order valence-corrected chi connectivity index (χ2v) is 4.31. The molecule has 94 valence electrons. The lowest BCUT2D eigenvalue weighted by Gasteiger charge is -2.11. The lowest BCUT2D eigenvalue weighted by atomic mass is 10.1. The number of nitrogens with zero attached hydrogens (tertiary/aromatic N) is 3. The van der Waals surface area contributed by atoms with Crippen LogP contribution in [0.2, 0.25) is 0 Å². The number of hydrogen-bond donors (Lipinski definition) is 0. The molecule has 2 rings (SSSR count). The first kappa shape index (κ1) is 12.5. The van der Waals surface area contributed by atoms with Crippen LogP contribution < -0.4 is 4.74 Å². The molecule has 0 bridgehead atoms. The first-order valence-corrected chi connectivity index (χ1v) is 5.88. The van der Waals surface area contributed by atoms with Crippen LogP contribution in [0, 0.1) is 0 Å². The Bertz CT molecular complexity index is 485. The number of likely N-dealkylation sites (N-methyl/N-ethyl adjacent to an activating group) is 1. The molecule has 0 N–H and O–H groups in total. The highest BCUT2D eigenvalue weighted by Crippen LogP contribution is 2.22. The topological polar surface area (TPSA) is 38.2 Å². The van der Waals surface area contributed by atoms with E-state index < -0.39 is 0 Å². The van der Waals surface area contributed by atoms with E-state index in [9.17, 15) is 0 Å². The van der Waals surface area contributed by atoms with E-state index in [0.29, 0.717) is 6.61 Å². The minimum atomic E-state index is 0.682. The summed E-state index contributed by atoms with van der Waals surface area (Å²) < 4.78 is 5.70. The molecule has 4 heteroatoms. The minimum Gasteiger partial charge on any atom is -0.492 e. The van der Waals surface area contributed by atoms with Crippen LogP contribution in [0.5, 0.6) is 5.75 Å². The Labute approximate surface area is 107 Å². The molecule has 0 radical (unpaired) electrons. The van der Waals surface area contributed by atoms with Crippen molar-refractivity contribution in [3.05, 3.63) is 43.0 Å². The molecule has 0 amide bonds. The molecule has 0 saturated carbocycles. The molecule has 0 saturated heterocycles. The van der Waals surface area contributed by atoms with Gasteiger partial charge in [0.25, 0.3) is 0 Å². The highest BCUT2D eigenvalue weighted by molar-refractivity contribution is 5.63. The standard InChI is InChI=1S/C14H17N3O/c1-17(2)6-7-18-14-5-3-4-12(8-14)13-9-15-11-16-10-13/h3-5,8-11H,6-7H2,1-2H3. The molecule has 0 aliphatic carbocycles. The lowest BCUT2D eigenvalue weighted by Crippen LogP contribution is -2.19. The summed E-state index contributed by atoms with van der Waals surface area (Å²) in [6.07, 6.45) is 5.12. The predicted molar refractivity (Wildman–Crippen MR) is 71.5 cm³/mol. The normalized spacial score (nSPS) is 10.6. The third kappa shape index (κ3) is 3.53. The number of rotatable bonds is 5. The number of aromatic nitrogens is 2. The van der Waals surface area contributed by atoms with Crippen molar-refractivity contribution in [2.45, 2.75) is 0 Å². The second-order valence-electron chi connectivity index (χ2n) is 4.31. The van der Waals surface area contributed by atoms with Crippen molar-refractivity contribution in [2.24, 2.45) is 0 Å². The molecule has 0 aliphatic heterocycles. The van der Waals surface area contributed by atoms with E-state index in [0.717, 1.165) is 23.4 Å². The maximum atomic E-state index is 5.70. The Kier molecular flexibility index (Phi) is 4.25. The van der Waals surface area contributed by atoms with Gasteiger partial charge in [-0.2, -0.15) is 0 Å². The molecular formula is C14H17N3O. The van der Waals surface area contributed by atoms with E-state index in [2.05, 4.69) is 14.9 Å². The van der Waals surface area contributed by atoms with E-state index in [-0.39, 0.29) is 0 Å². The van der Waals surface area contributed by atoms with Crippen molar-refractivity contribution in [3.8, 4) is 16.9 Å². The molecule has 0 aliphatic rings. The molecule has 0 spiro atoms. The summed E-state index contributed by atoms with van der Waals surface area (Å²) in [5, 5.41) is 0. The van der Waals surface area contributed by atoms with Crippen LogP contribution in [0.1, 0.15) is 0 Å². The average molecular weight is 243 g/mol. The van der Waals surface area contributed by atoms with Gasteiger partial charge in [-0.3, -0.25) is 0 Å². The minimum absolute atomic E-state index is 0.682. The van der Waals surface area contributed by atoms with Gasteiger partial charge in [-0.05, 0) is 31.8 Å². The maximum absolute atomic E-state index is 5.70. The van der Waals surface area contributed by atoms with E-state index in [4.69, 9.17) is 4.74 Å². The summed E-state index contributed by atoms with van der Waals surface area (Å²) in [5.41, 5.74) is 2.06. The first-order chi connectivity index (χ1) is 8.75. The smallest absolute Gasteiger partial charge is 0.119 e. The van der Waals surface area contributed by atoms with E-state index in [1.54, 1.807) is 12.4 Å². The first-order valence-electron chi connectivity index (χ1n) is 5.88. The van der Waals surface area contributed by atoms with Crippen LogP contribution in [0.25, 0.3) is 11.1 Å². The summed E-state index contributed by atoms with van der Waals surface area (Å²) in [6, 6.07) is 7.97. The van der Waals surface area contributed by atoms with Crippen LogP contribution in [0.4, 0.5) is 0 Å². The Balaban J connectivity index is 2.06. The molecule has 1 heterocycles. The zero-order valence-electron chi connectivity index (χ0n) is 10.7. The SMILES string of the molecule is CN(C)CCOc1cccc(-c2cncnc2)c1. The van der Waals surface area contributed by atoms with Crippen LogP contribution in [0.15, 0.2) is 43.0 Å². The van der Waals surface area contributed by atoms with Crippen LogP contribution in [0.3, 0.4) is 0 Å². The second kappa shape index (κ2) is 6.12. The van der Waals surface area contributed by atoms with Gasteiger partial charge in [-0.1, -0.05) is 12.1 Å². The largest absolute Gasteiger partial charge is 0.492 e. The van der Waals surface area contributed by atoms with E-state index in [1.807, 2.05) is 38.4 Å². The molecule has 0 fully saturated rings. The van der Waals surface area contributed by atoms with Gasteiger partial charge in [-0.15, -0.1) is 0 Å². The van der Waals surface area contributed by atoms with Crippen LogP contribution in [-0.2, 0) is 0 Å². The summed E-state index contributed by atoms with van der Waals surface area (Å²) in [4.78, 5) is 10.1. The van der Waals surface area contributed by atoms with Gasteiger partial charge in [0.2, 0.25) is 0 Å². The predicted octanol–water partition coefficient (Wildman–Crippen LogP) is 2.08. The monoisotopic (exact) mass is 243 g/mol. The number of ether oxygens (including phenoxy) is 1. The summed E-state index contributed by atoms with van der Waals surface area (Å²) in [5.74, 6) is 0.873. The Morgan fingerprint density at radius 3 is 2.61 bits per heavy atom. The zero-order chi connectivity index (χ0) is 12.8. The average Bonchev–Trinajstić information content (AvgIpc) is 2.40. The van der Waals surface area contributed by atoms with Crippen molar-refractivity contribution in [3.63, 3.8) is 0 Å². The summed E-state index contributed by atoms with van der Waals surface area (Å²) in [7, 11) is 4.06. The molecule has 0 unspecified atom stereocenters. The number of benzene rings is 1. The Morgan fingerprint density at radius 2 is 1.89 bits per heavy atom. The Morgan fingerprint density at radius 1 is 1.11 bits per heavy atom. The van der Waals surface area contributed by atoms with Gasteiger partial charge in [-0.25, -0.2) is 9.97 Å². The van der Waals surface area contributed by atoms with Crippen molar-refractivity contribution in [1.29, 1.82) is 0 Å². The fourth-order valence-corrected chi connectivity index (χ4v) is 1.56. The number of hydrogen-bond acceptors (Lipinski definition) is 4.